The van der Waals surface area contributed by atoms with E-state index in [4.69, 9.17) is 28.4 Å². The summed E-state index contributed by atoms with van der Waals surface area (Å²) in [5.41, 5.74) is 3.65. The van der Waals surface area contributed by atoms with Gasteiger partial charge in [0.05, 0.1) is 102 Å². The number of carbonyl (C=O) groups is 2. The van der Waals surface area contributed by atoms with Crippen LogP contribution in [0.4, 0.5) is 0 Å². The molecular weight excluding hydrogens is 444 g/mol. The standard InChI is InChI=1S/C24H30N2O8/c27-13-19-9-21-15-31-5-1-29-2-6-32-16-22-11-20(14-28)12-24(26-22)18-34-8-4-30-3-7-33-17-23(10-19)25-21/h9-14H,1-8,15-18H2. The van der Waals surface area contributed by atoms with Gasteiger partial charge >= 0.3 is 0 Å². The molecule has 2 aromatic rings. The molecular formula is C24H30N2O8. The van der Waals surface area contributed by atoms with Crippen molar-refractivity contribution in [2.24, 2.45) is 0 Å². The number of hydrogen-bond acceptors (Lipinski definition) is 10. The Balaban J connectivity index is 1.53. The molecule has 0 atom stereocenters. The predicted molar refractivity (Wildman–Crippen MR) is 120 cm³/mol. The lowest BCUT2D eigenvalue weighted by Gasteiger charge is -2.11. The van der Waals surface area contributed by atoms with Crippen LogP contribution in [0.25, 0.3) is 0 Å². The van der Waals surface area contributed by atoms with Crippen LogP contribution in [0, 0.1) is 0 Å². The van der Waals surface area contributed by atoms with Crippen molar-refractivity contribution in [1.29, 1.82) is 0 Å². The fourth-order valence-electron chi connectivity index (χ4n) is 3.17. The van der Waals surface area contributed by atoms with Crippen molar-refractivity contribution >= 4 is 12.6 Å². The second-order valence-corrected chi connectivity index (χ2v) is 7.44. The van der Waals surface area contributed by atoms with E-state index in [0.717, 1.165) is 12.6 Å². The Morgan fingerprint density at radius 3 is 1.00 bits per heavy atom. The number of hydrogen-bond donors (Lipinski definition) is 0. The second-order valence-electron chi connectivity index (χ2n) is 7.44. The summed E-state index contributed by atoms with van der Waals surface area (Å²) in [6.45, 7) is 4.14. The zero-order chi connectivity index (χ0) is 23.8. The lowest BCUT2D eigenvalue weighted by atomic mass is 10.2. The molecule has 0 aromatic carbocycles. The van der Waals surface area contributed by atoms with Gasteiger partial charge in [-0.05, 0) is 24.3 Å². The molecule has 0 spiro atoms. The van der Waals surface area contributed by atoms with Crippen molar-refractivity contribution in [2.45, 2.75) is 26.4 Å². The predicted octanol–water partition coefficient (Wildman–Crippen LogP) is 1.92. The minimum Gasteiger partial charge on any atom is -0.377 e. The highest BCUT2D eigenvalue weighted by Gasteiger charge is 2.06. The van der Waals surface area contributed by atoms with Gasteiger partial charge in [-0.15, -0.1) is 0 Å². The maximum Gasteiger partial charge on any atom is 0.150 e. The molecule has 34 heavy (non-hydrogen) atoms. The number of aromatic nitrogens is 2. The summed E-state index contributed by atoms with van der Waals surface area (Å²) in [6.07, 6.45) is 1.56. The highest BCUT2D eigenvalue weighted by atomic mass is 16.5. The summed E-state index contributed by atoms with van der Waals surface area (Å²) in [5.74, 6) is 0. The Hall–Kier alpha value is -2.60. The molecule has 0 unspecified atom stereocenters. The summed E-state index contributed by atoms with van der Waals surface area (Å²) in [4.78, 5) is 31.4. The Kier molecular flexibility index (Phi) is 11.7. The maximum atomic E-state index is 11.2. The molecule has 3 heterocycles. The van der Waals surface area contributed by atoms with Crippen molar-refractivity contribution in [2.75, 3.05) is 52.9 Å². The second kappa shape index (κ2) is 15.3. The first kappa shape index (κ1) is 26.0. The van der Waals surface area contributed by atoms with Gasteiger partial charge in [-0.3, -0.25) is 19.6 Å². The Morgan fingerprint density at radius 1 is 0.471 bits per heavy atom. The van der Waals surface area contributed by atoms with E-state index in [0.29, 0.717) is 86.8 Å². The molecule has 0 amide bonds. The van der Waals surface area contributed by atoms with E-state index < -0.39 is 0 Å². The number of pyridine rings is 2. The van der Waals surface area contributed by atoms with Crippen molar-refractivity contribution in [3.05, 3.63) is 58.2 Å². The molecule has 4 bridgehead atoms. The lowest BCUT2D eigenvalue weighted by molar-refractivity contribution is 0.00328. The number of nitrogens with zero attached hydrogens (tertiary/aromatic N) is 2. The van der Waals surface area contributed by atoms with Crippen molar-refractivity contribution < 1.29 is 38.0 Å². The molecule has 1 aliphatic rings. The molecule has 1 aliphatic heterocycles. The topological polar surface area (TPSA) is 115 Å². The van der Waals surface area contributed by atoms with Crippen LogP contribution in [-0.2, 0) is 54.8 Å². The smallest absolute Gasteiger partial charge is 0.150 e. The normalized spacial score (nSPS) is 17.9. The molecule has 2 aromatic heterocycles. The van der Waals surface area contributed by atoms with E-state index in [-0.39, 0.29) is 26.4 Å². The molecule has 0 fully saturated rings. The minimum atomic E-state index is 0.263. The fraction of sp³-hybridized carbons (Fsp3) is 0.500. The van der Waals surface area contributed by atoms with Crippen molar-refractivity contribution in [1.82, 2.24) is 9.97 Å². The number of rotatable bonds is 2. The Bertz CT molecular complexity index is 779. The third-order valence-corrected chi connectivity index (χ3v) is 4.67. The molecule has 10 heteroatoms. The fourth-order valence-corrected chi connectivity index (χ4v) is 3.17. The molecule has 0 radical (unpaired) electrons. The van der Waals surface area contributed by atoms with Crippen LogP contribution in [0.3, 0.4) is 0 Å². The molecule has 0 saturated heterocycles. The van der Waals surface area contributed by atoms with Crippen LogP contribution in [-0.4, -0.2) is 75.4 Å². The number of aldehydes is 2. The van der Waals surface area contributed by atoms with Gasteiger partial charge in [0.15, 0.2) is 0 Å². The van der Waals surface area contributed by atoms with E-state index in [9.17, 15) is 9.59 Å². The quantitative estimate of drug-likeness (QED) is 0.598. The van der Waals surface area contributed by atoms with Gasteiger partial charge in [0, 0.05) is 11.1 Å². The van der Waals surface area contributed by atoms with E-state index in [1.807, 2.05) is 0 Å². The van der Waals surface area contributed by atoms with Crippen LogP contribution in [0.5, 0.6) is 0 Å². The molecule has 0 N–H and O–H groups in total. The Labute approximate surface area is 198 Å². The van der Waals surface area contributed by atoms with Crippen LogP contribution >= 0.6 is 0 Å². The summed E-state index contributed by atoms with van der Waals surface area (Å²) in [7, 11) is 0. The molecule has 0 saturated carbocycles. The summed E-state index contributed by atoms with van der Waals surface area (Å²) in [5, 5.41) is 0. The molecule has 3 rings (SSSR count). The highest BCUT2D eigenvalue weighted by molar-refractivity contribution is 5.75. The van der Waals surface area contributed by atoms with Crippen LogP contribution in [0.2, 0.25) is 0 Å². The Morgan fingerprint density at radius 2 is 0.735 bits per heavy atom. The SMILES string of the molecule is O=Cc1cc2nc(c1)COCCOCCOCc1cc(C=O)cc(n1)COCCOCCOC2. The first-order valence-corrected chi connectivity index (χ1v) is 11.1. The van der Waals surface area contributed by atoms with Gasteiger partial charge in [0.1, 0.15) is 12.6 Å². The van der Waals surface area contributed by atoms with E-state index in [2.05, 4.69) is 9.97 Å². The number of fused-ring (bicyclic) bond motifs is 4. The van der Waals surface area contributed by atoms with Crippen LogP contribution < -0.4 is 0 Å². The lowest BCUT2D eigenvalue weighted by Crippen LogP contribution is -2.12. The largest absolute Gasteiger partial charge is 0.377 e. The zero-order valence-electron chi connectivity index (χ0n) is 19.1. The molecule has 184 valence electrons. The van der Waals surface area contributed by atoms with Gasteiger partial charge in [0.25, 0.3) is 0 Å². The average Bonchev–Trinajstić information content (AvgIpc) is 2.86. The third-order valence-electron chi connectivity index (χ3n) is 4.67. The summed E-state index contributed by atoms with van der Waals surface area (Å²) in [6, 6.07) is 6.77. The minimum absolute atomic E-state index is 0.263. The van der Waals surface area contributed by atoms with Gasteiger partial charge in [-0.2, -0.15) is 0 Å². The first-order chi connectivity index (χ1) is 16.8. The van der Waals surface area contributed by atoms with Crippen molar-refractivity contribution in [3.63, 3.8) is 0 Å². The first-order valence-electron chi connectivity index (χ1n) is 11.1. The highest BCUT2D eigenvalue weighted by Crippen LogP contribution is 2.09. The maximum absolute atomic E-state index is 11.2. The van der Waals surface area contributed by atoms with Gasteiger partial charge in [0.2, 0.25) is 0 Å². The summed E-state index contributed by atoms with van der Waals surface area (Å²) >= 11 is 0. The third kappa shape index (κ3) is 9.72. The van der Waals surface area contributed by atoms with Crippen molar-refractivity contribution in [3.8, 4) is 0 Å². The van der Waals surface area contributed by atoms with Crippen LogP contribution in [0.15, 0.2) is 24.3 Å². The molecule has 10 nitrogen and oxygen atoms in total. The van der Waals surface area contributed by atoms with Gasteiger partial charge < -0.3 is 28.4 Å². The summed E-state index contributed by atoms with van der Waals surface area (Å²) < 4.78 is 33.5. The number of ether oxygens (including phenoxy) is 6. The van der Waals surface area contributed by atoms with E-state index >= 15 is 0 Å². The van der Waals surface area contributed by atoms with E-state index in [1.54, 1.807) is 24.3 Å². The zero-order valence-corrected chi connectivity index (χ0v) is 19.1. The van der Waals surface area contributed by atoms with Gasteiger partial charge in [-0.1, -0.05) is 0 Å². The van der Waals surface area contributed by atoms with Gasteiger partial charge in [-0.25, -0.2) is 0 Å². The van der Waals surface area contributed by atoms with E-state index in [1.165, 1.54) is 0 Å². The monoisotopic (exact) mass is 474 g/mol. The molecule has 0 aliphatic carbocycles. The number of carbonyl (C=O) groups excluding carboxylic acids is 2. The average molecular weight is 475 g/mol. The van der Waals surface area contributed by atoms with Crippen LogP contribution in [0.1, 0.15) is 43.5 Å².